The molecule has 0 aromatic rings. The number of nitrogens with two attached hydrogens (primary N) is 1. The summed E-state index contributed by atoms with van der Waals surface area (Å²) in [5, 5.41) is 8.79. The minimum absolute atomic E-state index is 0.0351. The molecular weight excluding hydrogens is 246 g/mol. The normalized spacial score (nSPS) is 19.9. The highest BCUT2D eigenvalue weighted by molar-refractivity contribution is 5.82. The summed E-state index contributed by atoms with van der Waals surface area (Å²) >= 11 is 0. The van der Waals surface area contributed by atoms with Crippen molar-refractivity contribution in [3.63, 3.8) is 0 Å². The molecule has 0 radical (unpaired) electrons. The van der Waals surface area contributed by atoms with Crippen LogP contribution >= 0.6 is 0 Å². The Morgan fingerprint density at radius 3 is 2.37 bits per heavy atom. The van der Waals surface area contributed by atoms with Crippen molar-refractivity contribution >= 4 is 11.9 Å². The van der Waals surface area contributed by atoms with Crippen LogP contribution in [0.5, 0.6) is 0 Å². The molecule has 0 spiro atoms. The van der Waals surface area contributed by atoms with Crippen molar-refractivity contribution in [2.24, 2.45) is 11.1 Å². The van der Waals surface area contributed by atoms with Crippen molar-refractivity contribution in [1.82, 2.24) is 9.80 Å². The van der Waals surface area contributed by atoms with Crippen molar-refractivity contribution in [2.75, 3.05) is 32.7 Å². The van der Waals surface area contributed by atoms with Gasteiger partial charge in [0, 0.05) is 26.2 Å². The van der Waals surface area contributed by atoms with E-state index in [1.54, 1.807) is 4.90 Å². The van der Waals surface area contributed by atoms with Gasteiger partial charge in [0.2, 0.25) is 5.91 Å². The maximum atomic E-state index is 12.3. The van der Waals surface area contributed by atoms with Crippen LogP contribution in [0.2, 0.25) is 0 Å². The highest BCUT2D eigenvalue weighted by Gasteiger charge is 2.31. The summed E-state index contributed by atoms with van der Waals surface area (Å²) in [6, 6.07) is -0.515. The smallest absolute Gasteiger partial charge is 0.317 e. The van der Waals surface area contributed by atoms with E-state index in [9.17, 15) is 9.59 Å². The van der Waals surface area contributed by atoms with Crippen LogP contribution in [0.25, 0.3) is 0 Å². The van der Waals surface area contributed by atoms with Crippen LogP contribution in [0.3, 0.4) is 0 Å². The molecule has 1 atom stereocenters. The predicted octanol–water partition coefficient (Wildman–Crippen LogP) is -0.0213. The van der Waals surface area contributed by atoms with Gasteiger partial charge in [-0.1, -0.05) is 20.8 Å². The van der Waals surface area contributed by atoms with Gasteiger partial charge in [-0.3, -0.25) is 14.5 Å². The maximum Gasteiger partial charge on any atom is 0.317 e. The Kier molecular flexibility index (Phi) is 5.31. The average Bonchev–Trinajstić information content (AvgIpc) is 2.50. The van der Waals surface area contributed by atoms with Crippen molar-refractivity contribution in [3.8, 4) is 0 Å². The first kappa shape index (κ1) is 15.9. The summed E-state index contributed by atoms with van der Waals surface area (Å²) in [6.45, 7) is 8.38. The van der Waals surface area contributed by atoms with Crippen molar-refractivity contribution < 1.29 is 14.7 Å². The van der Waals surface area contributed by atoms with Gasteiger partial charge < -0.3 is 15.7 Å². The molecule has 1 unspecified atom stereocenters. The van der Waals surface area contributed by atoms with Gasteiger partial charge in [0.15, 0.2) is 0 Å². The molecule has 1 saturated heterocycles. The van der Waals surface area contributed by atoms with Gasteiger partial charge in [0.25, 0.3) is 0 Å². The number of carbonyl (C=O) groups is 2. The topological polar surface area (TPSA) is 86.9 Å². The van der Waals surface area contributed by atoms with Gasteiger partial charge in [-0.2, -0.15) is 0 Å². The second-order valence-electron chi connectivity index (χ2n) is 6.19. The zero-order valence-electron chi connectivity index (χ0n) is 12.1. The molecule has 1 amide bonds. The number of amides is 1. The summed E-state index contributed by atoms with van der Waals surface area (Å²) in [5.74, 6) is -0.865. The molecule has 0 aliphatic carbocycles. The SMILES string of the molecule is CC(C)(C)C(N)C(=O)N1CCCN(CC(=O)O)CC1. The highest BCUT2D eigenvalue weighted by atomic mass is 16.4. The number of nitrogens with zero attached hydrogens (tertiary/aromatic N) is 2. The lowest BCUT2D eigenvalue weighted by Gasteiger charge is -2.31. The van der Waals surface area contributed by atoms with Crippen LogP contribution < -0.4 is 5.73 Å². The third-order valence-electron chi connectivity index (χ3n) is 3.46. The van der Waals surface area contributed by atoms with Gasteiger partial charge >= 0.3 is 5.97 Å². The standard InChI is InChI=1S/C13H25N3O3/c1-13(2,3)11(14)12(19)16-6-4-5-15(7-8-16)9-10(17)18/h11H,4-9,14H2,1-3H3,(H,17,18). The Balaban J connectivity index is 2.57. The Labute approximate surface area is 114 Å². The van der Waals surface area contributed by atoms with E-state index in [4.69, 9.17) is 10.8 Å². The number of carboxylic acid groups (broad SMARTS) is 1. The number of rotatable bonds is 3. The third kappa shape index (κ3) is 4.80. The van der Waals surface area contributed by atoms with Crippen LogP contribution in [0, 0.1) is 5.41 Å². The lowest BCUT2D eigenvalue weighted by atomic mass is 9.86. The Morgan fingerprint density at radius 1 is 1.21 bits per heavy atom. The van der Waals surface area contributed by atoms with E-state index in [0.717, 1.165) is 6.42 Å². The van der Waals surface area contributed by atoms with E-state index in [-0.39, 0.29) is 17.9 Å². The molecular formula is C13H25N3O3. The molecule has 1 fully saturated rings. The summed E-state index contributed by atoms with van der Waals surface area (Å²) in [5.41, 5.74) is 5.73. The summed E-state index contributed by atoms with van der Waals surface area (Å²) in [7, 11) is 0. The largest absolute Gasteiger partial charge is 0.480 e. The fraction of sp³-hybridized carbons (Fsp3) is 0.846. The maximum absolute atomic E-state index is 12.3. The summed E-state index contributed by atoms with van der Waals surface area (Å²) in [6.07, 6.45) is 0.788. The predicted molar refractivity (Wildman–Crippen MR) is 72.7 cm³/mol. The monoisotopic (exact) mass is 271 g/mol. The molecule has 0 saturated carbocycles. The first-order valence-corrected chi connectivity index (χ1v) is 6.70. The fourth-order valence-corrected chi connectivity index (χ4v) is 2.11. The van der Waals surface area contributed by atoms with Crippen LogP contribution in [0.1, 0.15) is 27.2 Å². The fourth-order valence-electron chi connectivity index (χ4n) is 2.11. The Morgan fingerprint density at radius 2 is 1.84 bits per heavy atom. The van der Waals surface area contributed by atoms with Gasteiger partial charge in [-0.15, -0.1) is 0 Å². The average molecular weight is 271 g/mol. The molecule has 0 aromatic carbocycles. The zero-order chi connectivity index (χ0) is 14.6. The first-order chi connectivity index (χ1) is 8.71. The molecule has 1 heterocycles. The molecule has 3 N–H and O–H groups in total. The Bertz CT molecular complexity index is 339. The van der Waals surface area contributed by atoms with Crippen LogP contribution in [-0.4, -0.2) is 65.5 Å². The van der Waals surface area contributed by atoms with Crippen LogP contribution in [-0.2, 0) is 9.59 Å². The molecule has 0 aromatic heterocycles. The van der Waals surface area contributed by atoms with Gasteiger partial charge in [0.1, 0.15) is 0 Å². The second-order valence-corrected chi connectivity index (χ2v) is 6.19. The molecule has 1 rings (SSSR count). The molecule has 1 aliphatic rings. The second kappa shape index (κ2) is 6.34. The zero-order valence-corrected chi connectivity index (χ0v) is 12.1. The van der Waals surface area contributed by atoms with Crippen molar-refractivity contribution in [1.29, 1.82) is 0 Å². The number of carboxylic acids is 1. The van der Waals surface area contributed by atoms with E-state index < -0.39 is 12.0 Å². The van der Waals surface area contributed by atoms with Gasteiger partial charge in [-0.25, -0.2) is 0 Å². The quantitative estimate of drug-likeness (QED) is 0.753. The summed E-state index contributed by atoms with van der Waals surface area (Å²) in [4.78, 5) is 26.6. The van der Waals surface area contributed by atoms with E-state index in [0.29, 0.717) is 26.2 Å². The number of hydrogen-bond donors (Lipinski definition) is 2. The van der Waals surface area contributed by atoms with Crippen LogP contribution in [0.4, 0.5) is 0 Å². The minimum atomic E-state index is -0.828. The molecule has 6 heteroatoms. The molecule has 0 bridgehead atoms. The van der Waals surface area contributed by atoms with Gasteiger partial charge in [0.05, 0.1) is 12.6 Å². The number of hydrogen-bond acceptors (Lipinski definition) is 4. The van der Waals surface area contributed by atoms with E-state index in [2.05, 4.69) is 0 Å². The Hall–Kier alpha value is -1.14. The first-order valence-electron chi connectivity index (χ1n) is 6.70. The molecule has 6 nitrogen and oxygen atoms in total. The number of aliphatic carboxylic acids is 1. The molecule has 19 heavy (non-hydrogen) atoms. The van der Waals surface area contributed by atoms with Crippen LogP contribution in [0.15, 0.2) is 0 Å². The minimum Gasteiger partial charge on any atom is -0.480 e. The van der Waals surface area contributed by atoms with Crippen molar-refractivity contribution in [3.05, 3.63) is 0 Å². The highest BCUT2D eigenvalue weighted by Crippen LogP contribution is 2.19. The lowest BCUT2D eigenvalue weighted by molar-refractivity contribution is -0.138. The molecule has 110 valence electrons. The van der Waals surface area contributed by atoms with E-state index >= 15 is 0 Å². The van der Waals surface area contributed by atoms with E-state index in [1.807, 2.05) is 25.7 Å². The molecule has 1 aliphatic heterocycles. The number of carbonyl (C=O) groups excluding carboxylic acids is 1. The van der Waals surface area contributed by atoms with Crippen molar-refractivity contribution in [2.45, 2.75) is 33.2 Å². The van der Waals surface area contributed by atoms with E-state index in [1.165, 1.54) is 0 Å². The van der Waals surface area contributed by atoms with Gasteiger partial charge in [-0.05, 0) is 11.8 Å². The lowest BCUT2D eigenvalue weighted by Crippen LogP contribution is -2.51. The third-order valence-corrected chi connectivity index (χ3v) is 3.46. The summed E-state index contributed by atoms with van der Waals surface area (Å²) < 4.78 is 0.